The Labute approximate surface area is 111 Å². The molecule has 0 aromatic carbocycles. The second-order valence-corrected chi connectivity index (χ2v) is 4.54. The Morgan fingerprint density at radius 1 is 1.50 bits per heavy atom. The van der Waals surface area contributed by atoms with Crippen LogP contribution in [0.15, 0.2) is 10.1 Å². The number of oxime groups is 1. The van der Waals surface area contributed by atoms with Crippen LogP contribution in [0.3, 0.4) is 0 Å². The number of likely N-dealkylation sites (N-methyl/N-ethyl adjacent to an activating group) is 2. The topological polar surface area (TPSA) is 88.6 Å². The molecule has 1 fully saturated rings. The van der Waals surface area contributed by atoms with Gasteiger partial charge in [-0.2, -0.15) is 0 Å². The summed E-state index contributed by atoms with van der Waals surface area (Å²) in [6.45, 7) is 0.205. The van der Waals surface area contributed by atoms with E-state index in [0.717, 1.165) is 4.90 Å². The molecule has 1 saturated heterocycles. The van der Waals surface area contributed by atoms with E-state index in [1.165, 1.54) is 18.2 Å². The van der Waals surface area contributed by atoms with Gasteiger partial charge in [0.05, 0.1) is 22.1 Å². The summed E-state index contributed by atoms with van der Waals surface area (Å²) in [5, 5.41) is 11.3. The number of amidine groups is 2. The van der Waals surface area contributed by atoms with Gasteiger partial charge in [0, 0.05) is 14.1 Å². The van der Waals surface area contributed by atoms with Crippen LogP contribution in [0, 0.1) is 0 Å². The fourth-order valence-electron chi connectivity index (χ4n) is 1.87. The van der Waals surface area contributed by atoms with E-state index in [-0.39, 0.29) is 12.5 Å². The Morgan fingerprint density at radius 3 is 2.78 bits per heavy atom. The first-order valence-corrected chi connectivity index (χ1v) is 5.87. The second-order valence-electron chi connectivity index (χ2n) is 3.83. The molecule has 1 atom stereocenters. The zero-order chi connectivity index (χ0) is 13.4. The van der Waals surface area contributed by atoms with Gasteiger partial charge in [-0.1, -0.05) is 5.16 Å². The molecule has 1 unspecified atom stereocenters. The van der Waals surface area contributed by atoms with Gasteiger partial charge in [-0.3, -0.25) is 14.6 Å². The quantitative estimate of drug-likeness (QED) is 0.245. The van der Waals surface area contributed by atoms with Gasteiger partial charge in [0.2, 0.25) is 0 Å². The number of hydrogen-bond acceptors (Lipinski definition) is 5. The first kappa shape index (κ1) is 12.7. The Morgan fingerprint density at radius 2 is 2.17 bits per heavy atom. The van der Waals surface area contributed by atoms with Crippen molar-refractivity contribution < 1.29 is 19.4 Å². The number of rotatable bonds is 2. The van der Waals surface area contributed by atoms with E-state index in [0.29, 0.717) is 10.6 Å². The fourth-order valence-corrected chi connectivity index (χ4v) is 2.41. The van der Waals surface area contributed by atoms with Crippen LogP contribution in [-0.4, -0.2) is 75.0 Å². The molecule has 2 heterocycles. The Kier molecular flexibility index (Phi) is 3.16. The van der Waals surface area contributed by atoms with E-state index in [4.69, 9.17) is 5.21 Å². The van der Waals surface area contributed by atoms with E-state index in [1.807, 2.05) is 0 Å². The molecule has 2 aliphatic heterocycles. The largest absolute Gasteiger partial charge is 0.411 e. The van der Waals surface area contributed by atoms with Crippen LogP contribution in [0.5, 0.6) is 0 Å². The minimum Gasteiger partial charge on any atom is -0.411 e. The van der Waals surface area contributed by atoms with Crippen LogP contribution >= 0.6 is 15.9 Å². The summed E-state index contributed by atoms with van der Waals surface area (Å²) in [5.41, 5.74) is 0. The van der Waals surface area contributed by atoms with Gasteiger partial charge in [-0.25, -0.2) is 9.37 Å². The fraction of sp³-hybridized carbons (Fsp3) is 0.444. The summed E-state index contributed by atoms with van der Waals surface area (Å²) in [4.78, 5) is 30.4. The third kappa shape index (κ3) is 1.70. The summed E-state index contributed by atoms with van der Waals surface area (Å²) in [6.07, 6.45) is 1.24. The van der Waals surface area contributed by atoms with Crippen molar-refractivity contribution in [3.05, 3.63) is 0 Å². The minimum atomic E-state index is -0.676. The third-order valence-electron chi connectivity index (χ3n) is 2.84. The third-order valence-corrected chi connectivity index (χ3v) is 3.47. The van der Waals surface area contributed by atoms with Gasteiger partial charge in [0.25, 0.3) is 17.8 Å². The number of fused-ring (bicyclic) bond motifs is 1. The second kappa shape index (κ2) is 4.48. The summed E-state index contributed by atoms with van der Waals surface area (Å²) < 4.78 is 2.02. The van der Waals surface area contributed by atoms with Crippen molar-refractivity contribution in [1.82, 2.24) is 9.80 Å². The smallest absolute Gasteiger partial charge is 0.365 e. The van der Waals surface area contributed by atoms with Crippen LogP contribution in [0.25, 0.3) is 0 Å². The van der Waals surface area contributed by atoms with E-state index in [9.17, 15) is 9.59 Å². The number of imide groups is 1. The number of carbonyl (C=O) groups is 2. The van der Waals surface area contributed by atoms with Crippen molar-refractivity contribution in [2.24, 2.45) is 10.1 Å². The molecule has 0 bridgehead atoms. The predicted molar refractivity (Wildman–Crippen MR) is 66.5 cm³/mol. The van der Waals surface area contributed by atoms with Crippen molar-refractivity contribution in [1.29, 1.82) is 0 Å². The van der Waals surface area contributed by atoms with Gasteiger partial charge in [0.15, 0.2) is 0 Å². The highest BCUT2D eigenvalue weighted by Crippen LogP contribution is 2.19. The maximum Gasteiger partial charge on any atom is 0.365 e. The number of hydrogen-bond donors (Lipinski definition) is 1. The molecule has 8 nitrogen and oxygen atoms in total. The van der Waals surface area contributed by atoms with E-state index in [2.05, 4.69) is 26.1 Å². The molecule has 3 amide bonds. The zero-order valence-corrected chi connectivity index (χ0v) is 11.3. The van der Waals surface area contributed by atoms with Crippen LogP contribution in [0.1, 0.15) is 0 Å². The number of halogens is 1. The lowest BCUT2D eigenvalue weighted by Gasteiger charge is -2.30. The molecule has 2 rings (SSSR count). The molecule has 2 aliphatic rings. The van der Waals surface area contributed by atoms with Gasteiger partial charge < -0.3 is 5.21 Å². The highest BCUT2D eigenvalue weighted by atomic mass is 79.9. The van der Waals surface area contributed by atoms with Crippen molar-refractivity contribution in [3.63, 3.8) is 0 Å². The van der Waals surface area contributed by atoms with Crippen molar-refractivity contribution in [3.8, 4) is 0 Å². The average molecular weight is 317 g/mol. The lowest BCUT2D eigenvalue weighted by molar-refractivity contribution is -0.517. The monoisotopic (exact) mass is 316 g/mol. The standard InChI is InChI=1S/C9H10BrN5O3/c1-13-6-5(7(16)14(2)9(13)17)15(4-3-11-18)8(10)12-6/h3,5H,4H2,1-2H3/p+1/b11-3+. The van der Waals surface area contributed by atoms with Crippen molar-refractivity contribution >= 4 is 44.7 Å². The average Bonchev–Trinajstić information content (AvgIpc) is 2.68. The summed E-state index contributed by atoms with van der Waals surface area (Å²) in [5.74, 6) is -0.000968. The number of urea groups is 1. The van der Waals surface area contributed by atoms with E-state index >= 15 is 0 Å². The summed E-state index contributed by atoms with van der Waals surface area (Å²) >= 11 is 3.22. The Balaban J connectivity index is 2.39. The van der Waals surface area contributed by atoms with Gasteiger partial charge in [-0.15, -0.1) is 0 Å². The molecule has 0 aliphatic carbocycles. The molecule has 0 aromatic rings. The number of carbonyl (C=O) groups excluding carboxylic acids is 2. The molecule has 9 heteroatoms. The molecule has 1 N–H and O–H groups in total. The number of amides is 3. The van der Waals surface area contributed by atoms with Crippen LogP contribution < -0.4 is 0 Å². The Hall–Kier alpha value is -1.77. The molecule has 0 spiro atoms. The van der Waals surface area contributed by atoms with Crippen molar-refractivity contribution in [2.45, 2.75) is 6.04 Å². The molecule has 0 saturated carbocycles. The molecular weight excluding hydrogens is 306 g/mol. The summed E-state index contributed by atoms with van der Waals surface area (Å²) in [6, 6.07) is -1.10. The number of aliphatic imine (C=N–C) groups is 1. The van der Waals surface area contributed by atoms with E-state index in [1.54, 1.807) is 11.6 Å². The van der Waals surface area contributed by atoms with E-state index < -0.39 is 12.1 Å². The maximum absolute atomic E-state index is 12.1. The normalized spacial score (nSPS) is 24.2. The van der Waals surface area contributed by atoms with Gasteiger partial charge in [-0.05, 0) is 4.99 Å². The molecule has 18 heavy (non-hydrogen) atoms. The molecule has 96 valence electrons. The molecular formula is C9H11BrN5O3+. The predicted octanol–water partition coefficient (Wildman–Crippen LogP) is -0.486. The lowest BCUT2D eigenvalue weighted by atomic mass is 10.1. The van der Waals surface area contributed by atoms with Crippen LogP contribution in [0.4, 0.5) is 4.79 Å². The highest BCUT2D eigenvalue weighted by molar-refractivity contribution is 9.18. The lowest BCUT2D eigenvalue weighted by Crippen LogP contribution is -2.61. The SMILES string of the molecule is CN1C(=O)C2C(=NC(Br)=[N+]2C/C=N/O)N(C)C1=O. The van der Waals surface area contributed by atoms with Gasteiger partial charge in [0.1, 0.15) is 6.54 Å². The summed E-state index contributed by atoms with van der Waals surface area (Å²) in [7, 11) is 2.98. The molecule has 0 radical (unpaired) electrons. The first-order chi connectivity index (χ1) is 8.49. The molecule has 0 aromatic heterocycles. The zero-order valence-electron chi connectivity index (χ0n) is 9.74. The van der Waals surface area contributed by atoms with Crippen molar-refractivity contribution in [2.75, 3.05) is 20.6 Å². The Bertz CT molecular complexity index is 512. The highest BCUT2D eigenvalue weighted by Gasteiger charge is 2.52. The number of nitrogens with zero attached hydrogens (tertiary/aromatic N) is 5. The van der Waals surface area contributed by atoms with Gasteiger partial charge >= 0.3 is 10.8 Å². The van der Waals surface area contributed by atoms with Crippen LogP contribution in [0.2, 0.25) is 0 Å². The van der Waals surface area contributed by atoms with Crippen LogP contribution in [-0.2, 0) is 4.79 Å². The first-order valence-electron chi connectivity index (χ1n) is 5.08. The maximum atomic E-state index is 12.1. The minimum absolute atomic E-state index is 0.205.